The van der Waals surface area contributed by atoms with E-state index in [1.54, 1.807) is 0 Å². The molecular formula is C20H21N5S. The lowest BCUT2D eigenvalue weighted by atomic mass is 10.0. The fourth-order valence-electron chi connectivity index (χ4n) is 3.58. The fraction of sp³-hybridized carbons (Fsp3) is 0.250. The molecule has 2 atom stereocenters. The molecular weight excluding hydrogens is 342 g/mol. The largest absolute Gasteiger partial charge is 0.352 e. The quantitative estimate of drug-likeness (QED) is 0.717. The zero-order valence-corrected chi connectivity index (χ0v) is 15.6. The molecule has 6 heteroatoms. The van der Waals surface area contributed by atoms with Crippen LogP contribution in [-0.4, -0.2) is 30.6 Å². The lowest BCUT2D eigenvalue weighted by Gasteiger charge is -2.31. The molecule has 5 nitrogen and oxygen atoms in total. The highest BCUT2D eigenvalue weighted by molar-refractivity contribution is 7.80. The maximum atomic E-state index is 5.67. The van der Waals surface area contributed by atoms with Gasteiger partial charge in [-0.1, -0.05) is 12.1 Å². The summed E-state index contributed by atoms with van der Waals surface area (Å²) in [5.74, 6) is 0.897. The second-order valence-corrected chi connectivity index (χ2v) is 7.01. The van der Waals surface area contributed by atoms with Crippen molar-refractivity contribution in [1.82, 2.24) is 24.8 Å². The average Bonchev–Trinajstić information content (AvgIpc) is 3.27. The number of nitrogens with one attached hydrogen (secondary N) is 1. The summed E-state index contributed by atoms with van der Waals surface area (Å²) in [5.41, 5.74) is 2.12. The van der Waals surface area contributed by atoms with Gasteiger partial charge in [0.15, 0.2) is 5.11 Å². The topological polar surface area (TPSA) is 46.0 Å². The summed E-state index contributed by atoms with van der Waals surface area (Å²) in [6.45, 7) is 4.33. The summed E-state index contributed by atoms with van der Waals surface area (Å²) in [6, 6.07) is 16.4. The predicted molar refractivity (Wildman–Crippen MR) is 106 cm³/mol. The highest BCUT2D eigenvalue weighted by atomic mass is 32.1. The van der Waals surface area contributed by atoms with Crippen molar-refractivity contribution in [2.45, 2.75) is 32.0 Å². The van der Waals surface area contributed by atoms with Crippen molar-refractivity contribution in [3.05, 3.63) is 78.5 Å². The summed E-state index contributed by atoms with van der Waals surface area (Å²) in [4.78, 5) is 11.3. The average molecular weight is 363 g/mol. The Bertz CT molecular complexity index is 891. The van der Waals surface area contributed by atoms with Crippen molar-refractivity contribution in [3.63, 3.8) is 0 Å². The first kappa shape index (κ1) is 16.7. The second kappa shape index (κ2) is 6.88. The van der Waals surface area contributed by atoms with E-state index in [-0.39, 0.29) is 18.1 Å². The van der Waals surface area contributed by atoms with E-state index in [9.17, 15) is 0 Å². The van der Waals surface area contributed by atoms with Crippen LogP contribution in [0, 0.1) is 0 Å². The molecule has 26 heavy (non-hydrogen) atoms. The van der Waals surface area contributed by atoms with E-state index >= 15 is 0 Å². The van der Waals surface area contributed by atoms with Gasteiger partial charge in [0.2, 0.25) is 0 Å². The van der Waals surface area contributed by atoms with Crippen molar-refractivity contribution in [2.24, 2.45) is 0 Å². The van der Waals surface area contributed by atoms with E-state index in [4.69, 9.17) is 12.2 Å². The third-order valence-corrected chi connectivity index (χ3v) is 5.00. The van der Waals surface area contributed by atoms with Gasteiger partial charge in [-0.25, -0.2) is 4.98 Å². The van der Waals surface area contributed by atoms with Crippen LogP contribution in [0.25, 0.3) is 5.82 Å². The summed E-state index contributed by atoms with van der Waals surface area (Å²) >= 11 is 5.67. The SMILES string of the molecule is CC(C)N1C(=S)NC(c2ccccn2)C1c1cccn1-c1ccccn1. The van der Waals surface area contributed by atoms with Crippen molar-refractivity contribution in [3.8, 4) is 5.82 Å². The van der Waals surface area contributed by atoms with E-state index in [1.807, 2.05) is 55.0 Å². The highest BCUT2D eigenvalue weighted by Crippen LogP contribution is 2.40. The molecule has 1 aliphatic heterocycles. The van der Waals surface area contributed by atoms with Crippen LogP contribution in [0.15, 0.2) is 67.1 Å². The fourth-order valence-corrected chi connectivity index (χ4v) is 4.03. The first-order chi connectivity index (χ1) is 12.7. The molecule has 1 saturated heterocycles. The van der Waals surface area contributed by atoms with Gasteiger partial charge in [0.1, 0.15) is 5.82 Å². The predicted octanol–water partition coefficient (Wildman–Crippen LogP) is 3.65. The van der Waals surface area contributed by atoms with Crippen LogP contribution in [0.1, 0.15) is 37.3 Å². The molecule has 0 aliphatic carbocycles. The first-order valence-corrected chi connectivity index (χ1v) is 9.16. The molecule has 0 spiro atoms. The minimum atomic E-state index is -0.0107. The third-order valence-electron chi connectivity index (χ3n) is 4.67. The van der Waals surface area contributed by atoms with Gasteiger partial charge in [-0.2, -0.15) is 0 Å². The summed E-state index contributed by atoms with van der Waals surface area (Å²) in [6.07, 6.45) is 5.69. The monoisotopic (exact) mass is 363 g/mol. The van der Waals surface area contributed by atoms with Crippen molar-refractivity contribution < 1.29 is 0 Å². The number of nitrogens with zero attached hydrogens (tertiary/aromatic N) is 4. The number of thiocarbonyl (C=S) groups is 1. The molecule has 2 unspecified atom stereocenters. The molecule has 132 valence electrons. The number of pyridine rings is 2. The number of hydrogen-bond acceptors (Lipinski definition) is 3. The zero-order chi connectivity index (χ0) is 18.1. The molecule has 1 aliphatic rings. The number of hydrogen-bond donors (Lipinski definition) is 1. The molecule has 0 bridgehead atoms. The first-order valence-electron chi connectivity index (χ1n) is 8.75. The van der Waals surface area contributed by atoms with E-state index in [1.165, 1.54) is 0 Å². The van der Waals surface area contributed by atoms with Gasteiger partial charge in [-0.3, -0.25) is 4.98 Å². The minimum Gasteiger partial charge on any atom is -0.352 e. The Morgan fingerprint density at radius 1 is 1.00 bits per heavy atom. The molecule has 0 amide bonds. The molecule has 1 N–H and O–H groups in total. The van der Waals surface area contributed by atoms with Crippen LogP contribution in [0.5, 0.6) is 0 Å². The minimum absolute atomic E-state index is 0.0107. The van der Waals surface area contributed by atoms with Crippen molar-refractivity contribution >= 4 is 17.3 Å². The van der Waals surface area contributed by atoms with Crippen LogP contribution in [0.2, 0.25) is 0 Å². The lowest BCUT2D eigenvalue weighted by molar-refractivity contribution is 0.262. The molecule has 0 saturated carbocycles. The maximum Gasteiger partial charge on any atom is 0.170 e. The van der Waals surface area contributed by atoms with Gasteiger partial charge >= 0.3 is 0 Å². The van der Waals surface area contributed by atoms with Crippen LogP contribution in [0.4, 0.5) is 0 Å². The normalized spacial score (nSPS) is 19.8. The van der Waals surface area contributed by atoms with E-state index in [0.29, 0.717) is 0 Å². The molecule has 3 aromatic rings. The zero-order valence-electron chi connectivity index (χ0n) is 14.8. The van der Waals surface area contributed by atoms with Crippen LogP contribution < -0.4 is 5.32 Å². The molecule has 3 aromatic heterocycles. The Morgan fingerprint density at radius 3 is 2.42 bits per heavy atom. The number of aromatic nitrogens is 3. The van der Waals surface area contributed by atoms with Gasteiger partial charge in [0.05, 0.1) is 17.8 Å². The van der Waals surface area contributed by atoms with E-state index < -0.39 is 0 Å². The van der Waals surface area contributed by atoms with Crippen LogP contribution in [-0.2, 0) is 0 Å². The maximum absolute atomic E-state index is 5.67. The third kappa shape index (κ3) is 2.86. The lowest BCUT2D eigenvalue weighted by Crippen LogP contribution is -2.36. The van der Waals surface area contributed by atoms with Gasteiger partial charge in [-0.05, 0) is 62.5 Å². The summed E-state index contributed by atoms with van der Waals surface area (Å²) in [5, 5.41) is 4.24. The molecule has 0 radical (unpaired) electrons. The van der Waals surface area contributed by atoms with Crippen LogP contribution >= 0.6 is 12.2 Å². The van der Waals surface area contributed by atoms with Crippen molar-refractivity contribution in [2.75, 3.05) is 0 Å². The van der Waals surface area contributed by atoms with Crippen LogP contribution in [0.3, 0.4) is 0 Å². The summed E-state index contributed by atoms with van der Waals surface area (Å²) < 4.78 is 2.13. The molecule has 4 rings (SSSR count). The van der Waals surface area contributed by atoms with Gasteiger partial charge in [-0.15, -0.1) is 0 Å². The number of rotatable bonds is 4. The van der Waals surface area contributed by atoms with E-state index in [0.717, 1.165) is 22.3 Å². The Balaban J connectivity index is 1.83. The van der Waals surface area contributed by atoms with E-state index in [2.05, 4.69) is 50.7 Å². The second-order valence-electron chi connectivity index (χ2n) is 6.62. The Labute approximate surface area is 158 Å². The van der Waals surface area contributed by atoms with Crippen molar-refractivity contribution in [1.29, 1.82) is 0 Å². The molecule has 1 fully saturated rings. The Morgan fingerprint density at radius 2 is 1.77 bits per heavy atom. The summed E-state index contributed by atoms with van der Waals surface area (Å²) in [7, 11) is 0. The highest BCUT2D eigenvalue weighted by Gasteiger charge is 2.42. The Kier molecular flexibility index (Phi) is 4.42. The molecule has 4 heterocycles. The van der Waals surface area contributed by atoms with Gasteiger partial charge in [0.25, 0.3) is 0 Å². The van der Waals surface area contributed by atoms with Gasteiger partial charge in [0, 0.05) is 30.3 Å². The Hall–Kier alpha value is -2.73. The van der Waals surface area contributed by atoms with Gasteiger partial charge < -0.3 is 14.8 Å². The smallest absolute Gasteiger partial charge is 0.170 e. The molecule has 0 aromatic carbocycles. The standard InChI is InChI=1S/C20H21N5S/c1-14(2)25-19(18(23-20(25)26)15-8-3-5-11-21-15)16-9-7-13-24(16)17-10-4-6-12-22-17/h3-14,18-19H,1-2H3,(H,23,26).